The van der Waals surface area contributed by atoms with Crippen LogP contribution in [-0.2, 0) is 48.9 Å². The molecule has 5 amide bonds. The third-order valence-electron chi connectivity index (χ3n) is 12.6. The first-order valence-corrected chi connectivity index (χ1v) is 22.2. The van der Waals surface area contributed by atoms with Crippen molar-refractivity contribution in [3.63, 3.8) is 0 Å². The van der Waals surface area contributed by atoms with Crippen molar-refractivity contribution in [3.05, 3.63) is 94.8 Å². The SMILES string of the molecule is C[C@H](N(Cc1ccc(F)cc1)C(=O)CN1C(=O)O[C@@]2(CCc3cc(NC(=O)CCc4ccc(NC(=O)CCCCCCCCCCCC5CCC5)cc4)ccc32)C1=O)C(F)(F)F. The van der Waals surface area contributed by atoms with Gasteiger partial charge in [-0.05, 0) is 85.2 Å². The molecule has 2 N–H and O–H groups in total. The van der Waals surface area contributed by atoms with Gasteiger partial charge in [0.1, 0.15) is 18.4 Å². The largest absolute Gasteiger partial charge is 0.427 e. The Balaban J connectivity index is 0.915. The highest BCUT2D eigenvalue weighted by molar-refractivity contribution is 6.06. The number of fused-ring (bicyclic) bond motifs is 2. The molecule has 1 heterocycles. The van der Waals surface area contributed by atoms with Crippen molar-refractivity contribution in [2.75, 3.05) is 17.2 Å². The fraction of sp³-hybridized carbons (Fsp3) is 0.521. The van der Waals surface area contributed by atoms with Gasteiger partial charge in [0.05, 0.1) is 0 Å². The van der Waals surface area contributed by atoms with Gasteiger partial charge in [0.2, 0.25) is 23.3 Å². The Morgan fingerprint density at radius 3 is 2.05 bits per heavy atom. The number of rotatable bonds is 22. The third kappa shape index (κ3) is 12.2. The number of nitrogens with zero attached hydrogens (tertiary/aromatic N) is 2. The molecule has 3 aromatic rings. The molecule has 0 radical (unpaired) electrons. The second-order valence-corrected chi connectivity index (χ2v) is 17.1. The van der Waals surface area contributed by atoms with Gasteiger partial charge >= 0.3 is 12.3 Å². The maximum atomic E-state index is 13.8. The number of anilines is 2. The third-order valence-corrected chi connectivity index (χ3v) is 12.6. The maximum absolute atomic E-state index is 13.8. The van der Waals surface area contributed by atoms with Gasteiger partial charge in [-0.2, -0.15) is 13.2 Å². The van der Waals surface area contributed by atoms with E-state index in [1.54, 1.807) is 18.2 Å². The van der Waals surface area contributed by atoms with Crippen LogP contribution in [0.2, 0.25) is 0 Å². The van der Waals surface area contributed by atoms with E-state index < -0.39 is 54.6 Å². The average Bonchev–Trinajstić information content (AvgIpc) is 3.70. The summed E-state index contributed by atoms with van der Waals surface area (Å²) < 4.78 is 60.5. The predicted molar refractivity (Wildman–Crippen MR) is 227 cm³/mol. The van der Waals surface area contributed by atoms with Gasteiger partial charge in [0, 0.05) is 42.7 Å². The summed E-state index contributed by atoms with van der Waals surface area (Å²) in [7, 11) is 0. The van der Waals surface area contributed by atoms with Gasteiger partial charge in [-0.3, -0.25) is 19.2 Å². The van der Waals surface area contributed by atoms with Crippen LogP contribution in [0.3, 0.4) is 0 Å². The molecule has 1 saturated carbocycles. The molecule has 6 rings (SSSR count). The number of aryl methyl sites for hydroxylation is 2. The first kappa shape index (κ1) is 46.2. The Bertz CT molecular complexity index is 2040. The summed E-state index contributed by atoms with van der Waals surface area (Å²) >= 11 is 0. The smallest absolute Gasteiger partial charge is 0.418 e. The lowest BCUT2D eigenvalue weighted by Gasteiger charge is -2.31. The summed E-state index contributed by atoms with van der Waals surface area (Å²) in [5.74, 6) is -1.85. The molecule has 2 fully saturated rings. The number of ether oxygens (including phenoxy) is 1. The summed E-state index contributed by atoms with van der Waals surface area (Å²) in [6.07, 6.45) is 12.2. The Morgan fingerprint density at radius 1 is 0.806 bits per heavy atom. The molecule has 2 atom stereocenters. The van der Waals surface area contributed by atoms with Crippen molar-refractivity contribution >= 4 is 41.1 Å². The number of hydrogen-bond acceptors (Lipinski definition) is 6. The van der Waals surface area contributed by atoms with E-state index in [1.807, 2.05) is 24.3 Å². The summed E-state index contributed by atoms with van der Waals surface area (Å²) in [6, 6.07) is 14.6. The summed E-state index contributed by atoms with van der Waals surface area (Å²) in [5, 5.41) is 5.82. The molecular weight excluding hydrogens is 805 g/mol. The lowest BCUT2D eigenvalue weighted by atomic mass is 9.81. The van der Waals surface area contributed by atoms with E-state index in [1.165, 1.54) is 76.3 Å². The van der Waals surface area contributed by atoms with Gasteiger partial charge < -0.3 is 20.3 Å². The number of unbranched alkanes of at least 4 members (excludes halogenated alkanes) is 8. The zero-order valence-electron chi connectivity index (χ0n) is 35.5. The van der Waals surface area contributed by atoms with Gasteiger partial charge in [0.25, 0.3) is 5.91 Å². The monoisotopic (exact) mass is 862 g/mol. The number of imide groups is 1. The zero-order chi connectivity index (χ0) is 44.3. The van der Waals surface area contributed by atoms with Crippen LogP contribution in [0.1, 0.15) is 132 Å². The van der Waals surface area contributed by atoms with Gasteiger partial charge in [0.15, 0.2) is 0 Å². The highest BCUT2D eigenvalue weighted by Gasteiger charge is 2.58. The standard InChI is InChI=1S/C48H58F4N4O6/c1-33(48(50,51)52)55(31-36-16-21-38(49)22-17-36)44(59)32-56-45(60)47(62-46(56)61)29-28-37-30-40(25-26-41(37)47)54-43(58)27-20-35-18-23-39(24-19-35)53-42(57)15-10-8-6-4-2-3-5-7-9-12-34-13-11-14-34/h16-19,21-26,30,33-34H,2-15,20,27-29,31-32H2,1H3,(H,53,57)(H,54,58)/t33-,47+/m0/s1. The van der Waals surface area contributed by atoms with Crippen LogP contribution in [-0.4, -0.2) is 58.3 Å². The first-order chi connectivity index (χ1) is 29.7. The van der Waals surface area contributed by atoms with Crippen LogP contribution in [0, 0.1) is 11.7 Å². The van der Waals surface area contributed by atoms with Crippen molar-refractivity contribution in [3.8, 4) is 0 Å². The minimum absolute atomic E-state index is 0.00686. The van der Waals surface area contributed by atoms with Crippen LogP contribution in [0.25, 0.3) is 0 Å². The van der Waals surface area contributed by atoms with Crippen LogP contribution >= 0.6 is 0 Å². The fourth-order valence-corrected chi connectivity index (χ4v) is 8.56. The number of carbonyl (C=O) groups is 5. The molecule has 1 saturated heterocycles. The summed E-state index contributed by atoms with van der Waals surface area (Å²) in [6.45, 7) is -0.730. The van der Waals surface area contributed by atoms with E-state index in [4.69, 9.17) is 4.74 Å². The lowest BCUT2D eigenvalue weighted by Crippen LogP contribution is -2.51. The van der Waals surface area contributed by atoms with E-state index >= 15 is 0 Å². The van der Waals surface area contributed by atoms with Crippen molar-refractivity contribution in [1.29, 1.82) is 0 Å². The molecule has 1 spiro atoms. The number of nitrogens with one attached hydrogen (secondary N) is 2. The molecule has 62 heavy (non-hydrogen) atoms. The van der Waals surface area contributed by atoms with Crippen LogP contribution in [0.15, 0.2) is 66.7 Å². The van der Waals surface area contributed by atoms with Crippen molar-refractivity contribution in [2.45, 2.75) is 147 Å². The molecule has 0 bridgehead atoms. The second kappa shape index (κ2) is 21.2. The fourth-order valence-electron chi connectivity index (χ4n) is 8.56. The molecule has 0 aromatic heterocycles. The molecule has 3 aliphatic rings. The number of amides is 5. The summed E-state index contributed by atoms with van der Waals surface area (Å²) in [4.78, 5) is 66.6. The molecular formula is C48H58F4N4O6. The maximum Gasteiger partial charge on any atom is 0.418 e. The van der Waals surface area contributed by atoms with Gasteiger partial charge in [-0.15, -0.1) is 0 Å². The number of halogens is 4. The minimum Gasteiger partial charge on any atom is -0.427 e. The molecule has 0 unspecified atom stereocenters. The van der Waals surface area contributed by atoms with Crippen molar-refractivity contribution in [1.82, 2.24) is 9.80 Å². The van der Waals surface area contributed by atoms with Gasteiger partial charge in [-0.1, -0.05) is 107 Å². The van der Waals surface area contributed by atoms with E-state index in [-0.39, 0.29) is 30.2 Å². The predicted octanol–water partition coefficient (Wildman–Crippen LogP) is 10.5. The van der Waals surface area contributed by atoms with E-state index in [0.29, 0.717) is 51.6 Å². The molecule has 14 heteroatoms. The molecule has 1 aliphatic heterocycles. The van der Waals surface area contributed by atoms with Crippen LogP contribution in [0.4, 0.5) is 33.7 Å². The van der Waals surface area contributed by atoms with E-state index in [0.717, 1.165) is 49.8 Å². The normalized spacial score (nSPS) is 17.7. The highest BCUT2D eigenvalue weighted by atomic mass is 19.4. The topological polar surface area (TPSA) is 125 Å². The Labute approximate surface area is 361 Å². The van der Waals surface area contributed by atoms with Crippen molar-refractivity contribution in [2.24, 2.45) is 5.92 Å². The summed E-state index contributed by atoms with van der Waals surface area (Å²) in [5.41, 5.74) is 1.56. The molecule has 3 aromatic carbocycles. The number of benzene rings is 3. The number of carbonyl (C=O) groups excluding carboxylic acids is 5. The Hall–Kier alpha value is -5.27. The number of alkyl halides is 3. The highest BCUT2D eigenvalue weighted by Crippen LogP contribution is 2.46. The minimum atomic E-state index is -4.82. The second-order valence-electron chi connectivity index (χ2n) is 17.1. The van der Waals surface area contributed by atoms with Gasteiger partial charge in [-0.25, -0.2) is 14.1 Å². The number of hydrogen-bond donors (Lipinski definition) is 2. The average molecular weight is 863 g/mol. The van der Waals surface area contributed by atoms with Crippen LogP contribution < -0.4 is 10.6 Å². The lowest BCUT2D eigenvalue weighted by molar-refractivity contribution is -0.187. The quantitative estimate of drug-likeness (QED) is 0.0766. The molecule has 2 aliphatic carbocycles. The first-order valence-electron chi connectivity index (χ1n) is 22.2. The zero-order valence-corrected chi connectivity index (χ0v) is 35.5. The Morgan fingerprint density at radius 2 is 1.40 bits per heavy atom. The van der Waals surface area contributed by atoms with Crippen molar-refractivity contribution < 1.29 is 46.3 Å². The van der Waals surface area contributed by atoms with E-state index in [9.17, 15) is 41.5 Å². The Kier molecular flexibility index (Phi) is 15.8. The van der Waals surface area contributed by atoms with Crippen LogP contribution in [0.5, 0.6) is 0 Å². The van der Waals surface area contributed by atoms with E-state index in [2.05, 4.69) is 10.6 Å². The molecule has 10 nitrogen and oxygen atoms in total. The molecule has 334 valence electrons.